The summed E-state index contributed by atoms with van der Waals surface area (Å²) in [6.07, 6.45) is 1.60. The van der Waals surface area contributed by atoms with Crippen LogP contribution in [0.3, 0.4) is 0 Å². The Morgan fingerprint density at radius 1 is 1.24 bits per heavy atom. The molecule has 1 N–H and O–H groups in total. The van der Waals surface area contributed by atoms with Gasteiger partial charge in [-0.2, -0.15) is 3.96 Å². The van der Waals surface area contributed by atoms with E-state index in [1.807, 2.05) is 25.1 Å². The molecule has 0 bridgehead atoms. The fraction of sp³-hybridized carbons (Fsp3) is 0.350. The van der Waals surface area contributed by atoms with Gasteiger partial charge in [-0.25, -0.2) is 4.98 Å². The molecule has 0 aliphatic heterocycles. The summed E-state index contributed by atoms with van der Waals surface area (Å²) in [4.78, 5) is 29.6. The Hall–Kier alpha value is -2.75. The second-order valence-electron chi connectivity index (χ2n) is 6.29. The van der Waals surface area contributed by atoms with Crippen molar-refractivity contribution in [3.8, 4) is 11.5 Å². The van der Waals surface area contributed by atoms with E-state index in [1.165, 1.54) is 0 Å². The first-order valence-electron chi connectivity index (χ1n) is 9.08. The van der Waals surface area contributed by atoms with Crippen molar-refractivity contribution in [3.05, 3.63) is 52.4 Å². The Morgan fingerprint density at radius 2 is 2.07 bits per heavy atom. The normalized spacial score (nSPS) is 12.1. The number of nitrogens with zero attached hydrogens (tertiary/aromatic N) is 2. The van der Waals surface area contributed by atoms with Gasteiger partial charge in [0.05, 0.1) is 25.6 Å². The van der Waals surface area contributed by atoms with E-state index in [0.717, 1.165) is 21.1 Å². The van der Waals surface area contributed by atoms with Crippen LogP contribution < -0.4 is 20.3 Å². The number of pyridine rings is 1. The van der Waals surface area contributed by atoms with Gasteiger partial charge < -0.3 is 19.5 Å². The van der Waals surface area contributed by atoms with Crippen LogP contribution in [0.1, 0.15) is 23.3 Å². The van der Waals surface area contributed by atoms with Crippen molar-refractivity contribution in [3.63, 3.8) is 0 Å². The van der Waals surface area contributed by atoms with Gasteiger partial charge in [0, 0.05) is 19.3 Å². The third-order valence-corrected chi connectivity index (χ3v) is 5.43. The summed E-state index contributed by atoms with van der Waals surface area (Å²) < 4.78 is 17.2. The van der Waals surface area contributed by atoms with Gasteiger partial charge >= 0.3 is 0 Å². The maximum Gasteiger partial charge on any atom is 0.277 e. The second-order valence-corrected chi connectivity index (χ2v) is 7.23. The molecule has 0 aliphatic carbocycles. The highest BCUT2D eigenvalue weighted by Gasteiger charge is 2.16. The molecule has 2 heterocycles. The predicted octanol–water partition coefficient (Wildman–Crippen LogP) is 2.48. The first-order valence-corrected chi connectivity index (χ1v) is 9.85. The number of carbonyl (C=O) groups excluding carboxylic acids is 1. The van der Waals surface area contributed by atoms with Crippen LogP contribution in [0.25, 0.3) is 10.2 Å². The average Bonchev–Trinajstić information content (AvgIpc) is 3.09. The van der Waals surface area contributed by atoms with Gasteiger partial charge in [-0.05, 0) is 48.3 Å². The highest BCUT2D eigenvalue weighted by Crippen LogP contribution is 2.30. The van der Waals surface area contributed by atoms with Crippen molar-refractivity contribution in [1.82, 2.24) is 14.3 Å². The molecular formula is C20H23N3O5S. The van der Waals surface area contributed by atoms with Crippen molar-refractivity contribution in [1.29, 1.82) is 0 Å². The van der Waals surface area contributed by atoms with Crippen LogP contribution in [0.15, 0.2) is 41.3 Å². The van der Waals surface area contributed by atoms with Crippen LogP contribution in [-0.2, 0) is 4.74 Å². The molecule has 0 aliphatic rings. The van der Waals surface area contributed by atoms with Gasteiger partial charge in [-0.15, -0.1) is 0 Å². The monoisotopic (exact) mass is 417 g/mol. The van der Waals surface area contributed by atoms with Crippen LogP contribution in [-0.4, -0.2) is 48.8 Å². The van der Waals surface area contributed by atoms with E-state index in [1.54, 1.807) is 32.5 Å². The van der Waals surface area contributed by atoms with E-state index >= 15 is 0 Å². The number of rotatable bonds is 9. The van der Waals surface area contributed by atoms with Gasteiger partial charge in [0.25, 0.3) is 11.5 Å². The average molecular weight is 417 g/mol. The summed E-state index contributed by atoms with van der Waals surface area (Å²) in [5, 5.41) is 3.60. The highest BCUT2D eigenvalue weighted by molar-refractivity contribution is 7.14. The van der Waals surface area contributed by atoms with Crippen molar-refractivity contribution < 1.29 is 19.0 Å². The quantitative estimate of drug-likeness (QED) is 0.535. The third kappa shape index (κ3) is 4.81. The number of methoxy groups -OCH3 is 2. The molecule has 0 radical (unpaired) electrons. The van der Waals surface area contributed by atoms with E-state index < -0.39 is 0 Å². The molecule has 3 rings (SSSR count). The molecule has 3 aromatic rings. The molecule has 2 aromatic heterocycles. The molecule has 0 amide bonds. The Bertz CT molecular complexity index is 1050. The highest BCUT2D eigenvalue weighted by atomic mass is 32.1. The van der Waals surface area contributed by atoms with Gasteiger partial charge in [0.1, 0.15) is 11.4 Å². The summed E-state index contributed by atoms with van der Waals surface area (Å²) in [5.41, 5.74) is 0.593. The minimum Gasteiger partial charge on any atom is -0.493 e. The van der Waals surface area contributed by atoms with E-state index in [4.69, 9.17) is 14.2 Å². The van der Waals surface area contributed by atoms with E-state index in [2.05, 4.69) is 10.3 Å². The number of hydrogen-bond acceptors (Lipinski definition) is 8. The topological polar surface area (TPSA) is 91.7 Å². The van der Waals surface area contributed by atoms with Gasteiger partial charge in [0.2, 0.25) is 0 Å². The largest absolute Gasteiger partial charge is 0.493 e. The number of ether oxygens (including phenoxy) is 3. The molecule has 8 nitrogen and oxygen atoms in total. The van der Waals surface area contributed by atoms with Gasteiger partial charge in [0.15, 0.2) is 11.5 Å². The van der Waals surface area contributed by atoms with Gasteiger partial charge in [-0.1, -0.05) is 6.07 Å². The van der Waals surface area contributed by atoms with Crippen molar-refractivity contribution >= 4 is 27.7 Å². The van der Waals surface area contributed by atoms with E-state index in [9.17, 15) is 9.59 Å². The zero-order chi connectivity index (χ0) is 20.8. The van der Waals surface area contributed by atoms with Crippen LogP contribution >= 0.6 is 11.5 Å². The van der Waals surface area contributed by atoms with Crippen LogP contribution in [0, 0.1) is 0 Å². The number of aromatic nitrogens is 2. The Labute approximate surface area is 172 Å². The first kappa shape index (κ1) is 21.0. The Kier molecular flexibility index (Phi) is 6.97. The Morgan fingerprint density at radius 3 is 2.79 bits per heavy atom. The zero-order valence-electron chi connectivity index (χ0n) is 16.5. The lowest BCUT2D eigenvalue weighted by Crippen LogP contribution is -2.32. The van der Waals surface area contributed by atoms with E-state index in [0.29, 0.717) is 34.9 Å². The standard InChI is InChI=1S/C20H23N3O5S/c1-13(14-6-7-16(17(11-14)27-3)28-10-9-26-2)22-12-18(24)23-20(25)15-5-4-8-21-19(15)29-23/h4-8,11,13,22H,9-10,12H2,1-3H3. The third-order valence-electron chi connectivity index (χ3n) is 4.38. The summed E-state index contributed by atoms with van der Waals surface area (Å²) in [6.45, 7) is 2.86. The lowest BCUT2D eigenvalue weighted by atomic mass is 10.1. The summed E-state index contributed by atoms with van der Waals surface area (Å²) in [5.74, 6) is 0.905. The number of hydrogen-bond donors (Lipinski definition) is 1. The summed E-state index contributed by atoms with van der Waals surface area (Å²) in [7, 11) is 3.19. The smallest absolute Gasteiger partial charge is 0.277 e. The Balaban J connectivity index is 1.66. The fourth-order valence-corrected chi connectivity index (χ4v) is 3.65. The maximum atomic E-state index is 12.5. The fourth-order valence-electron chi connectivity index (χ4n) is 2.77. The van der Waals surface area contributed by atoms with Crippen LogP contribution in [0.4, 0.5) is 0 Å². The van der Waals surface area contributed by atoms with E-state index in [-0.39, 0.29) is 24.1 Å². The minimum atomic E-state index is -0.336. The molecule has 0 spiro atoms. The first-order chi connectivity index (χ1) is 14.0. The molecule has 0 saturated carbocycles. The molecular weight excluding hydrogens is 394 g/mol. The SMILES string of the molecule is COCCOc1ccc(C(C)NCC(=O)n2sc3ncccc3c2=O)cc1OC. The van der Waals surface area contributed by atoms with Crippen LogP contribution in [0.2, 0.25) is 0 Å². The zero-order valence-corrected chi connectivity index (χ0v) is 17.3. The molecule has 0 saturated heterocycles. The lowest BCUT2D eigenvalue weighted by molar-refractivity contribution is 0.0918. The molecule has 1 aromatic carbocycles. The molecule has 0 fully saturated rings. The lowest BCUT2D eigenvalue weighted by Gasteiger charge is -2.17. The maximum absolute atomic E-state index is 12.5. The van der Waals surface area contributed by atoms with Crippen molar-refractivity contribution in [2.24, 2.45) is 0 Å². The predicted molar refractivity (Wildman–Crippen MR) is 111 cm³/mol. The number of benzene rings is 1. The van der Waals surface area contributed by atoms with Crippen molar-refractivity contribution in [2.75, 3.05) is 34.0 Å². The molecule has 1 unspecified atom stereocenters. The number of carbonyl (C=O) groups is 1. The minimum absolute atomic E-state index is 0.0162. The molecule has 154 valence electrons. The van der Waals surface area contributed by atoms with Crippen LogP contribution in [0.5, 0.6) is 11.5 Å². The molecule has 29 heavy (non-hydrogen) atoms. The second kappa shape index (κ2) is 9.64. The number of fused-ring (bicyclic) bond motifs is 1. The number of nitrogens with one attached hydrogen (secondary N) is 1. The summed E-state index contributed by atoms with van der Waals surface area (Å²) >= 11 is 1.05. The molecule has 9 heteroatoms. The van der Waals surface area contributed by atoms with Crippen molar-refractivity contribution in [2.45, 2.75) is 13.0 Å². The van der Waals surface area contributed by atoms with Gasteiger partial charge in [-0.3, -0.25) is 9.59 Å². The molecule has 1 atom stereocenters. The summed E-state index contributed by atoms with van der Waals surface area (Å²) in [6, 6.07) is 8.81.